The van der Waals surface area contributed by atoms with Crippen LogP contribution in [0, 0.1) is 0 Å². The van der Waals surface area contributed by atoms with E-state index >= 15 is 0 Å². The van der Waals surface area contributed by atoms with Crippen LogP contribution in [0.5, 0.6) is 0 Å². The third-order valence-electron chi connectivity index (χ3n) is 5.88. The normalized spacial score (nSPS) is 14.9. The molecule has 168 valence electrons. The second-order valence-electron chi connectivity index (χ2n) is 8.25. The zero-order valence-electron chi connectivity index (χ0n) is 18.5. The Kier molecular flexibility index (Phi) is 5.97. The van der Waals surface area contributed by atoms with Gasteiger partial charge in [-0.1, -0.05) is 24.3 Å². The molecular weight excluding hydrogens is 416 g/mol. The number of carbonyl (C=O) groups excluding carboxylic acids is 1. The highest BCUT2D eigenvalue weighted by atomic mass is 16.2. The molecule has 3 N–H and O–H groups in total. The average Bonchev–Trinajstić information content (AvgIpc) is 3.30. The van der Waals surface area contributed by atoms with Crippen LogP contribution in [0.15, 0.2) is 61.1 Å². The first-order chi connectivity index (χ1) is 16.2. The van der Waals surface area contributed by atoms with Gasteiger partial charge in [0.1, 0.15) is 17.8 Å². The molecule has 2 aromatic heterocycles. The van der Waals surface area contributed by atoms with Gasteiger partial charge < -0.3 is 15.5 Å². The fraction of sp³-hybridized carbons (Fsp3) is 0.250. The molecule has 4 aromatic rings. The van der Waals surface area contributed by atoms with Crippen LogP contribution in [0.25, 0.3) is 10.9 Å². The first kappa shape index (κ1) is 21.0. The standard InChI is InChI=1S/C24H26N8O/c1-31-10-12-32(13-11-31)15-17-6-8-18(9-7-17)28-24(33)22-21(14-27-30-22)29-23-19-4-2-3-5-20(19)25-16-26-23/h2-9,14,16H,10-13,15H2,1H3,(H,27,30)(H,28,33)(H,25,26,29). The van der Waals surface area contributed by atoms with Crippen LogP contribution >= 0.6 is 0 Å². The molecule has 0 spiro atoms. The van der Waals surface area contributed by atoms with Gasteiger partial charge in [-0.25, -0.2) is 9.97 Å². The Morgan fingerprint density at radius 2 is 1.82 bits per heavy atom. The highest BCUT2D eigenvalue weighted by Gasteiger charge is 2.17. The summed E-state index contributed by atoms with van der Waals surface area (Å²) < 4.78 is 0. The van der Waals surface area contributed by atoms with Crippen molar-refractivity contribution in [3.05, 3.63) is 72.3 Å². The fourth-order valence-electron chi connectivity index (χ4n) is 3.94. The maximum absolute atomic E-state index is 12.9. The number of aromatic amines is 1. The van der Waals surface area contributed by atoms with Gasteiger partial charge in [0.2, 0.25) is 0 Å². The average molecular weight is 443 g/mol. The van der Waals surface area contributed by atoms with Crippen LogP contribution < -0.4 is 10.6 Å². The van der Waals surface area contributed by atoms with E-state index < -0.39 is 0 Å². The number of aromatic nitrogens is 4. The lowest BCUT2D eigenvalue weighted by Gasteiger charge is -2.32. The van der Waals surface area contributed by atoms with Gasteiger partial charge in [0.15, 0.2) is 0 Å². The predicted octanol–water partition coefficient (Wildman–Crippen LogP) is 3.10. The van der Waals surface area contributed by atoms with E-state index in [9.17, 15) is 4.79 Å². The summed E-state index contributed by atoms with van der Waals surface area (Å²) in [5.41, 5.74) is 3.66. The summed E-state index contributed by atoms with van der Waals surface area (Å²) in [7, 11) is 2.16. The van der Waals surface area contributed by atoms with Crippen molar-refractivity contribution in [3.8, 4) is 0 Å². The number of carbonyl (C=O) groups is 1. The Hall–Kier alpha value is -3.82. The SMILES string of the molecule is CN1CCN(Cc2ccc(NC(=O)c3[nH]ncc3Nc3ncnc4ccccc34)cc2)CC1. The number of anilines is 3. The second-order valence-corrected chi connectivity index (χ2v) is 8.25. The van der Waals surface area contributed by atoms with E-state index in [1.165, 1.54) is 11.9 Å². The summed E-state index contributed by atoms with van der Waals surface area (Å²) in [5, 5.41) is 13.8. The first-order valence-corrected chi connectivity index (χ1v) is 11.0. The number of likely N-dealkylation sites (N-methyl/N-ethyl adjacent to an activating group) is 1. The smallest absolute Gasteiger partial charge is 0.275 e. The van der Waals surface area contributed by atoms with Gasteiger partial charge >= 0.3 is 0 Å². The van der Waals surface area contributed by atoms with E-state index in [4.69, 9.17) is 0 Å². The second kappa shape index (κ2) is 9.35. The van der Waals surface area contributed by atoms with Crippen molar-refractivity contribution in [2.24, 2.45) is 0 Å². The molecule has 0 bridgehead atoms. The topological polar surface area (TPSA) is 102 Å². The van der Waals surface area contributed by atoms with Crippen LogP contribution in [0.2, 0.25) is 0 Å². The van der Waals surface area contributed by atoms with E-state index in [1.54, 1.807) is 6.20 Å². The van der Waals surface area contributed by atoms with Gasteiger partial charge in [-0.3, -0.25) is 14.8 Å². The fourth-order valence-corrected chi connectivity index (χ4v) is 3.94. The third-order valence-corrected chi connectivity index (χ3v) is 5.88. The van der Waals surface area contributed by atoms with Crippen molar-refractivity contribution < 1.29 is 4.79 Å². The van der Waals surface area contributed by atoms with Crippen molar-refractivity contribution in [2.45, 2.75) is 6.54 Å². The number of rotatable bonds is 6. The van der Waals surface area contributed by atoms with E-state index in [2.05, 4.69) is 59.8 Å². The van der Waals surface area contributed by atoms with Gasteiger partial charge in [0, 0.05) is 43.8 Å². The molecule has 3 heterocycles. The van der Waals surface area contributed by atoms with Crippen molar-refractivity contribution in [3.63, 3.8) is 0 Å². The minimum Gasteiger partial charge on any atom is -0.336 e. The Morgan fingerprint density at radius 3 is 2.64 bits per heavy atom. The summed E-state index contributed by atoms with van der Waals surface area (Å²) in [6, 6.07) is 15.7. The lowest BCUT2D eigenvalue weighted by molar-refractivity contribution is 0.102. The number of para-hydroxylation sites is 1. The van der Waals surface area contributed by atoms with Crippen LogP contribution in [0.3, 0.4) is 0 Å². The molecule has 0 saturated carbocycles. The molecule has 0 aliphatic carbocycles. The molecule has 1 aliphatic heterocycles. The van der Waals surface area contributed by atoms with Gasteiger partial charge in [-0.15, -0.1) is 0 Å². The minimum absolute atomic E-state index is 0.278. The number of hydrogen-bond acceptors (Lipinski definition) is 7. The molecule has 2 aromatic carbocycles. The van der Waals surface area contributed by atoms with Crippen molar-refractivity contribution in [1.29, 1.82) is 0 Å². The quantitative estimate of drug-likeness (QED) is 0.422. The lowest BCUT2D eigenvalue weighted by Crippen LogP contribution is -2.43. The molecule has 0 unspecified atom stereocenters. The molecule has 1 amide bonds. The van der Waals surface area contributed by atoms with Crippen LogP contribution in [0.1, 0.15) is 16.1 Å². The molecule has 5 rings (SSSR count). The molecule has 1 fully saturated rings. The molecule has 1 aliphatic rings. The highest BCUT2D eigenvalue weighted by Crippen LogP contribution is 2.24. The van der Waals surface area contributed by atoms with Crippen LogP contribution in [-0.2, 0) is 6.54 Å². The van der Waals surface area contributed by atoms with Gasteiger partial charge in [0.25, 0.3) is 5.91 Å². The molecular formula is C24H26N8O. The summed E-state index contributed by atoms with van der Waals surface area (Å²) in [4.78, 5) is 26.3. The minimum atomic E-state index is -0.278. The van der Waals surface area contributed by atoms with Gasteiger partial charge in [-0.05, 0) is 36.9 Å². The van der Waals surface area contributed by atoms with Crippen LogP contribution in [0.4, 0.5) is 17.2 Å². The Labute approximate surface area is 191 Å². The lowest BCUT2D eigenvalue weighted by atomic mass is 10.1. The van der Waals surface area contributed by atoms with Crippen LogP contribution in [-0.4, -0.2) is 69.1 Å². The summed E-state index contributed by atoms with van der Waals surface area (Å²) in [6.45, 7) is 5.26. The Morgan fingerprint density at radius 1 is 1.03 bits per heavy atom. The Bertz CT molecular complexity index is 1240. The number of piperazine rings is 1. The zero-order chi connectivity index (χ0) is 22.6. The summed E-state index contributed by atoms with van der Waals surface area (Å²) >= 11 is 0. The molecule has 1 saturated heterocycles. The first-order valence-electron chi connectivity index (χ1n) is 11.0. The zero-order valence-corrected chi connectivity index (χ0v) is 18.5. The molecule has 0 radical (unpaired) electrons. The number of fused-ring (bicyclic) bond motifs is 1. The van der Waals surface area contributed by atoms with E-state index in [0.29, 0.717) is 17.2 Å². The largest absolute Gasteiger partial charge is 0.336 e. The van der Waals surface area contributed by atoms with Crippen molar-refractivity contribution in [2.75, 3.05) is 43.9 Å². The highest BCUT2D eigenvalue weighted by molar-refractivity contribution is 6.07. The third kappa shape index (κ3) is 4.84. The molecule has 33 heavy (non-hydrogen) atoms. The maximum Gasteiger partial charge on any atom is 0.275 e. The number of nitrogens with one attached hydrogen (secondary N) is 3. The number of nitrogens with zero attached hydrogens (tertiary/aromatic N) is 5. The predicted molar refractivity (Wildman–Crippen MR) is 129 cm³/mol. The van der Waals surface area contributed by atoms with Crippen molar-refractivity contribution in [1.82, 2.24) is 30.0 Å². The van der Waals surface area contributed by atoms with Crippen molar-refractivity contribution >= 4 is 34.0 Å². The number of benzene rings is 2. The monoisotopic (exact) mass is 442 g/mol. The van der Waals surface area contributed by atoms with E-state index in [0.717, 1.165) is 49.3 Å². The Balaban J connectivity index is 1.25. The van der Waals surface area contributed by atoms with Gasteiger partial charge in [0.05, 0.1) is 17.4 Å². The summed E-state index contributed by atoms with van der Waals surface area (Å²) in [6.07, 6.45) is 3.07. The van der Waals surface area contributed by atoms with Gasteiger partial charge in [-0.2, -0.15) is 5.10 Å². The summed E-state index contributed by atoms with van der Waals surface area (Å²) in [5.74, 6) is 0.337. The van der Waals surface area contributed by atoms with E-state index in [1.807, 2.05) is 36.4 Å². The number of H-pyrrole nitrogens is 1. The van der Waals surface area contributed by atoms with E-state index in [-0.39, 0.29) is 5.91 Å². The maximum atomic E-state index is 12.9. The number of amides is 1. The molecule has 0 atom stereocenters. The number of hydrogen-bond donors (Lipinski definition) is 3. The molecule has 9 heteroatoms. The molecule has 9 nitrogen and oxygen atoms in total.